The van der Waals surface area contributed by atoms with Crippen LogP contribution in [0.2, 0.25) is 0 Å². The second kappa shape index (κ2) is 3.38. The fourth-order valence-electron chi connectivity index (χ4n) is 1.36. The third-order valence-electron chi connectivity index (χ3n) is 2.11. The first-order valence-corrected chi connectivity index (χ1v) is 4.33. The Bertz CT molecular complexity index is 438. The highest BCUT2D eigenvalue weighted by Crippen LogP contribution is 2.28. The molecule has 0 amide bonds. The second-order valence-corrected chi connectivity index (χ2v) is 3.05. The van der Waals surface area contributed by atoms with E-state index in [1.807, 2.05) is 24.3 Å². The first-order valence-electron chi connectivity index (χ1n) is 4.33. The number of pyridine rings is 1. The standard InChI is InChI=1S/C11H11N3/c12-10-5-1-4-9(11(10)13)8-3-2-6-14-7-8/h1-7H,12-13H2. The molecule has 2 aromatic rings. The van der Waals surface area contributed by atoms with Crippen LogP contribution in [0.5, 0.6) is 0 Å². The van der Waals surface area contributed by atoms with Crippen LogP contribution in [0.25, 0.3) is 11.1 Å². The summed E-state index contributed by atoms with van der Waals surface area (Å²) in [7, 11) is 0. The fraction of sp³-hybridized carbons (Fsp3) is 0. The van der Waals surface area contributed by atoms with Crippen molar-refractivity contribution < 1.29 is 0 Å². The van der Waals surface area contributed by atoms with Crippen molar-refractivity contribution in [2.24, 2.45) is 0 Å². The average Bonchev–Trinajstić information content (AvgIpc) is 2.23. The molecule has 4 N–H and O–H groups in total. The molecule has 0 unspecified atom stereocenters. The molecule has 0 saturated heterocycles. The van der Waals surface area contributed by atoms with E-state index >= 15 is 0 Å². The van der Waals surface area contributed by atoms with Gasteiger partial charge < -0.3 is 11.5 Å². The number of rotatable bonds is 1. The van der Waals surface area contributed by atoms with Crippen molar-refractivity contribution >= 4 is 11.4 Å². The van der Waals surface area contributed by atoms with Crippen molar-refractivity contribution in [1.82, 2.24) is 4.98 Å². The van der Waals surface area contributed by atoms with E-state index in [9.17, 15) is 0 Å². The van der Waals surface area contributed by atoms with E-state index in [0.29, 0.717) is 11.4 Å². The third-order valence-corrected chi connectivity index (χ3v) is 2.11. The molecule has 3 heteroatoms. The highest BCUT2D eigenvalue weighted by atomic mass is 14.7. The number of hydrogen-bond acceptors (Lipinski definition) is 3. The molecule has 0 aliphatic carbocycles. The minimum atomic E-state index is 0.603. The lowest BCUT2D eigenvalue weighted by Crippen LogP contribution is -1.96. The minimum Gasteiger partial charge on any atom is -0.397 e. The zero-order valence-electron chi connectivity index (χ0n) is 7.64. The monoisotopic (exact) mass is 185 g/mol. The number of benzene rings is 1. The van der Waals surface area contributed by atoms with Crippen LogP contribution in [-0.4, -0.2) is 4.98 Å². The first-order chi connectivity index (χ1) is 6.79. The summed E-state index contributed by atoms with van der Waals surface area (Å²) in [6, 6.07) is 9.43. The highest BCUT2D eigenvalue weighted by molar-refractivity contribution is 5.83. The number of anilines is 2. The summed E-state index contributed by atoms with van der Waals surface area (Å²) in [5, 5.41) is 0. The topological polar surface area (TPSA) is 64.9 Å². The second-order valence-electron chi connectivity index (χ2n) is 3.05. The van der Waals surface area contributed by atoms with E-state index in [-0.39, 0.29) is 0 Å². The maximum Gasteiger partial charge on any atom is 0.0627 e. The summed E-state index contributed by atoms with van der Waals surface area (Å²) < 4.78 is 0. The quantitative estimate of drug-likeness (QED) is 0.667. The van der Waals surface area contributed by atoms with Crippen molar-refractivity contribution in [2.45, 2.75) is 0 Å². The Balaban J connectivity index is 2.58. The van der Waals surface area contributed by atoms with Gasteiger partial charge in [0, 0.05) is 23.5 Å². The van der Waals surface area contributed by atoms with Gasteiger partial charge in [0.05, 0.1) is 11.4 Å². The Kier molecular flexibility index (Phi) is 2.07. The number of nitrogens with two attached hydrogens (primary N) is 2. The van der Waals surface area contributed by atoms with Gasteiger partial charge in [-0.05, 0) is 12.1 Å². The normalized spacial score (nSPS) is 10.0. The zero-order chi connectivity index (χ0) is 9.97. The number of nitrogen functional groups attached to an aromatic ring is 2. The highest BCUT2D eigenvalue weighted by Gasteiger charge is 2.03. The van der Waals surface area contributed by atoms with Gasteiger partial charge in [-0.15, -0.1) is 0 Å². The van der Waals surface area contributed by atoms with Crippen molar-refractivity contribution in [3.63, 3.8) is 0 Å². The molecule has 0 fully saturated rings. The van der Waals surface area contributed by atoms with E-state index in [2.05, 4.69) is 4.98 Å². The molecule has 14 heavy (non-hydrogen) atoms. The van der Waals surface area contributed by atoms with Gasteiger partial charge in [0.1, 0.15) is 0 Å². The van der Waals surface area contributed by atoms with E-state index in [1.54, 1.807) is 18.5 Å². The van der Waals surface area contributed by atoms with E-state index < -0.39 is 0 Å². The molecule has 70 valence electrons. The van der Waals surface area contributed by atoms with Gasteiger partial charge in [0.15, 0.2) is 0 Å². The number of nitrogens with zero attached hydrogens (tertiary/aromatic N) is 1. The largest absolute Gasteiger partial charge is 0.397 e. The molecule has 0 aliphatic rings. The number of aromatic nitrogens is 1. The lowest BCUT2D eigenvalue weighted by molar-refractivity contribution is 1.33. The molecule has 0 spiro atoms. The molecule has 0 bridgehead atoms. The molecule has 0 saturated carbocycles. The van der Waals surface area contributed by atoms with Crippen LogP contribution in [-0.2, 0) is 0 Å². The molecule has 0 atom stereocenters. The smallest absolute Gasteiger partial charge is 0.0627 e. The first kappa shape index (κ1) is 8.56. The maximum atomic E-state index is 5.86. The van der Waals surface area contributed by atoms with Crippen LogP contribution in [0.4, 0.5) is 11.4 Å². The summed E-state index contributed by atoms with van der Waals surface area (Å²) in [5.74, 6) is 0. The third kappa shape index (κ3) is 1.40. The minimum absolute atomic E-state index is 0.603. The van der Waals surface area contributed by atoms with Gasteiger partial charge in [-0.1, -0.05) is 18.2 Å². The predicted octanol–water partition coefficient (Wildman–Crippen LogP) is 1.91. The van der Waals surface area contributed by atoms with Crippen LogP contribution in [0.15, 0.2) is 42.7 Å². The van der Waals surface area contributed by atoms with E-state index in [4.69, 9.17) is 11.5 Å². The van der Waals surface area contributed by atoms with Gasteiger partial charge in [-0.25, -0.2) is 0 Å². The van der Waals surface area contributed by atoms with Crippen molar-refractivity contribution in [2.75, 3.05) is 11.5 Å². The Morgan fingerprint density at radius 1 is 1.00 bits per heavy atom. The molecule has 1 heterocycles. The van der Waals surface area contributed by atoms with Gasteiger partial charge in [0.25, 0.3) is 0 Å². The van der Waals surface area contributed by atoms with E-state index in [1.165, 1.54) is 0 Å². The van der Waals surface area contributed by atoms with Crippen LogP contribution in [0, 0.1) is 0 Å². The van der Waals surface area contributed by atoms with Gasteiger partial charge >= 0.3 is 0 Å². The van der Waals surface area contributed by atoms with Crippen LogP contribution < -0.4 is 11.5 Å². The SMILES string of the molecule is Nc1cccc(-c2cccnc2)c1N. The molecule has 3 nitrogen and oxygen atoms in total. The Morgan fingerprint density at radius 2 is 1.86 bits per heavy atom. The van der Waals surface area contributed by atoms with Crippen LogP contribution >= 0.6 is 0 Å². The molecule has 1 aromatic carbocycles. The van der Waals surface area contributed by atoms with Crippen molar-refractivity contribution in [1.29, 1.82) is 0 Å². The lowest BCUT2D eigenvalue weighted by Gasteiger charge is -2.07. The summed E-state index contributed by atoms with van der Waals surface area (Å²) in [5.41, 5.74) is 14.7. The van der Waals surface area contributed by atoms with Crippen LogP contribution in [0.1, 0.15) is 0 Å². The number of para-hydroxylation sites is 1. The predicted molar refractivity (Wildman–Crippen MR) is 58.5 cm³/mol. The Labute approximate surface area is 82.4 Å². The molecular formula is C11H11N3. The average molecular weight is 185 g/mol. The summed E-state index contributed by atoms with van der Waals surface area (Å²) >= 11 is 0. The molecule has 2 rings (SSSR count). The lowest BCUT2D eigenvalue weighted by atomic mass is 10.1. The van der Waals surface area contributed by atoms with Gasteiger partial charge in [-0.3, -0.25) is 4.98 Å². The van der Waals surface area contributed by atoms with Crippen molar-refractivity contribution in [3.8, 4) is 11.1 Å². The zero-order valence-corrected chi connectivity index (χ0v) is 7.64. The molecule has 0 aliphatic heterocycles. The summed E-state index contributed by atoms with van der Waals surface area (Å²) in [6.07, 6.45) is 3.50. The summed E-state index contributed by atoms with van der Waals surface area (Å²) in [6.45, 7) is 0. The Morgan fingerprint density at radius 3 is 2.57 bits per heavy atom. The Hall–Kier alpha value is -2.03. The van der Waals surface area contributed by atoms with Gasteiger partial charge in [-0.2, -0.15) is 0 Å². The molecule has 0 radical (unpaired) electrons. The van der Waals surface area contributed by atoms with Crippen molar-refractivity contribution in [3.05, 3.63) is 42.7 Å². The van der Waals surface area contributed by atoms with Crippen LogP contribution in [0.3, 0.4) is 0 Å². The molecule has 1 aromatic heterocycles. The fourth-order valence-corrected chi connectivity index (χ4v) is 1.36. The van der Waals surface area contributed by atoms with E-state index in [0.717, 1.165) is 11.1 Å². The number of hydrogen-bond donors (Lipinski definition) is 2. The van der Waals surface area contributed by atoms with Gasteiger partial charge in [0.2, 0.25) is 0 Å². The summed E-state index contributed by atoms with van der Waals surface area (Å²) in [4.78, 5) is 4.04. The maximum absolute atomic E-state index is 5.86. The molecular weight excluding hydrogens is 174 g/mol.